The Morgan fingerprint density at radius 3 is 1.72 bits per heavy atom. The quantitative estimate of drug-likeness (QED) is 0.173. The fraction of sp³-hybridized carbons (Fsp3) is 0.229. The van der Waals surface area contributed by atoms with Crippen LogP contribution in [0.5, 0.6) is 5.75 Å². The first-order chi connectivity index (χ1) is 35.6. The van der Waals surface area contributed by atoms with E-state index in [1.165, 1.54) is 32.9 Å². The van der Waals surface area contributed by atoms with Crippen LogP contribution in [-0.2, 0) is 21.7 Å². The zero-order chi connectivity index (χ0) is 52.8. The van der Waals surface area contributed by atoms with Crippen molar-refractivity contribution in [2.45, 2.75) is 105 Å². The highest BCUT2D eigenvalue weighted by atomic mass is 16.3. The second kappa shape index (κ2) is 18.1. The smallest absolute Gasteiger partial charge is 0.149 e. The van der Waals surface area contributed by atoms with Gasteiger partial charge >= 0.3 is 0 Å². The molecule has 374 valence electrons. The molecule has 5 heteroatoms. The molecule has 3 aromatic heterocycles. The number of hydrogen-bond donors (Lipinski definition) is 1. The Morgan fingerprint density at radius 1 is 0.400 bits per heavy atom. The van der Waals surface area contributed by atoms with Crippen molar-refractivity contribution in [3.05, 3.63) is 210 Å². The molecule has 0 saturated carbocycles. The van der Waals surface area contributed by atoms with E-state index in [4.69, 9.17) is 9.97 Å². The molecule has 11 rings (SSSR count). The van der Waals surface area contributed by atoms with E-state index in [1.54, 1.807) is 0 Å². The lowest BCUT2D eigenvalue weighted by molar-refractivity contribution is 0.446. The van der Waals surface area contributed by atoms with Crippen molar-refractivity contribution in [3.63, 3.8) is 0 Å². The maximum atomic E-state index is 12.7. The molecule has 5 nitrogen and oxygen atoms in total. The van der Waals surface area contributed by atoms with Crippen LogP contribution in [0.3, 0.4) is 0 Å². The summed E-state index contributed by atoms with van der Waals surface area (Å²) in [4.78, 5) is 10.9. The highest BCUT2D eigenvalue weighted by Crippen LogP contribution is 2.47. The summed E-state index contributed by atoms with van der Waals surface area (Å²) >= 11 is 0. The van der Waals surface area contributed by atoms with Gasteiger partial charge < -0.3 is 9.67 Å². The van der Waals surface area contributed by atoms with Crippen molar-refractivity contribution >= 4 is 32.8 Å². The molecule has 0 radical (unpaired) electrons. The van der Waals surface area contributed by atoms with Gasteiger partial charge in [-0.1, -0.05) is 204 Å². The second-order valence-electron chi connectivity index (χ2n) is 24.6. The predicted octanol–water partition coefficient (Wildman–Crippen LogP) is 18.7. The van der Waals surface area contributed by atoms with Gasteiger partial charge in [0.15, 0.2) is 0 Å². The molecular weight excluding hydrogens is 913 g/mol. The van der Waals surface area contributed by atoms with Crippen LogP contribution in [0.15, 0.2) is 188 Å². The van der Waals surface area contributed by atoms with Gasteiger partial charge in [0.05, 0.1) is 39.0 Å². The lowest BCUT2D eigenvalue weighted by Gasteiger charge is -2.28. The van der Waals surface area contributed by atoms with Gasteiger partial charge in [-0.05, 0) is 116 Å². The molecule has 0 spiro atoms. The molecule has 0 aliphatic carbocycles. The standard InChI is InChI=1S/C70H68N4O/c1-67(2,3)48-33-34-52(44-23-15-13-16-24-44)62(43-48)74-61-32-22-28-53(63(61)72-66(74)57-41-50(69(7,8)9)42-58(65(57)75)70(10,11)12)46-37-47(39-49(38-46)68(4,5)6)59-40-45(35-36-71-59)54-29-21-30-56-55-27-19-20-31-60(55)73(64(54)56)51-25-17-14-18-26-51/h13-43,75H,1-12H3. The van der Waals surface area contributed by atoms with Crippen LogP contribution < -0.4 is 0 Å². The van der Waals surface area contributed by atoms with E-state index < -0.39 is 0 Å². The van der Waals surface area contributed by atoms with E-state index in [-0.39, 0.29) is 27.4 Å². The lowest BCUT2D eigenvalue weighted by Crippen LogP contribution is -2.17. The Labute approximate surface area is 443 Å². The Kier molecular flexibility index (Phi) is 11.9. The number of fused-ring (bicyclic) bond motifs is 4. The van der Waals surface area contributed by atoms with Crippen molar-refractivity contribution in [2.24, 2.45) is 0 Å². The van der Waals surface area contributed by atoms with Gasteiger partial charge in [-0.2, -0.15) is 0 Å². The third-order valence-electron chi connectivity index (χ3n) is 15.1. The minimum Gasteiger partial charge on any atom is -0.507 e. The molecule has 3 heterocycles. The summed E-state index contributed by atoms with van der Waals surface area (Å²) in [5.74, 6) is 0.947. The number of pyridine rings is 1. The van der Waals surface area contributed by atoms with E-state index >= 15 is 0 Å². The lowest BCUT2D eigenvalue weighted by atomic mass is 9.79. The van der Waals surface area contributed by atoms with Crippen molar-refractivity contribution < 1.29 is 5.11 Å². The number of hydrogen-bond acceptors (Lipinski definition) is 3. The minimum atomic E-state index is -0.342. The fourth-order valence-corrected chi connectivity index (χ4v) is 10.8. The van der Waals surface area contributed by atoms with Crippen LogP contribution in [0, 0.1) is 0 Å². The van der Waals surface area contributed by atoms with Gasteiger partial charge in [-0.15, -0.1) is 0 Å². The number of aromatic nitrogens is 4. The van der Waals surface area contributed by atoms with Crippen LogP contribution in [0.1, 0.15) is 105 Å². The molecule has 0 amide bonds. The molecule has 1 N–H and O–H groups in total. The largest absolute Gasteiger partial charge is 0.507 e. The Balaban J connectivity index is 1.17. The highest BCUT2D eigenvalue weighted by molar-refractivity contribution is 6.14. The van der Waals surface area contributed by atoms with Gasteiger partial charge in [0.1, 0.15) is 11.6 Å². The van der Waals surface area contributed by atoms with E-state index in [2.05, 4.69) is 274 Å². The van der Waals surface area contributed by atoms with Crippen LogP contribution in [0.25, 0.3) is 100 Å². The van der Waals surface area contributed by atoms with Gasteiger partial charge in [0, 0.05) is 50.5 Å². The van der Waals surface area contributed by atoms with E-state index in [0.717, 1.165) is 78.2 Å². The molecule has 0 bridgehead atoms. The monoisotopic (exact) mass is 981 g/mol. The fourth-order valence-electron chi connectivity index (χ4n) is 10.8. The summed E-state index contributed by atoms with van der Waals surface area (Å²) in [6.07, 6.45) is 1.96. The van der Waals surface area contributed by atoms with Crippen LogP contribution in [-0.4, -0.2) is 24.2 Å². The van der Waals surface area contributed by atoms with Crippen molar-refractivity contribution in [2.75, 3.05) is 0 Å². The summed E-state index contributed by atoms with van der Waals surface area (Å²) in [6, 6.07) is 65.8. The van der Waals surface area contributed by atoms with E-state index in [9.17, 15) is 5.11 Å². The maximum Gasteiger partial charge on any atom is 0.149 e. The third kappa shape index (κ3) is 8.92. The Bertz CT molecular complexity index is 3980. The van der Waals surface area contributed by atoms with Gasteiger partial charge in [-0.3, -0.25) is 9.55 Å². The maximum absolute atomic E-state index is 12.7. The molecule has 11 aromatic rings. The zero-order valence-corrected chi connectivity index (χ0v) is 45.6. The summed E-state index contributed by atoms with van der Waals surface area (Å²) < 4.78 is 4.72. The van der Waals surface area contributed by atoms with Crippen LogP contribution in [0.4, 0.5) is 0 Å². The summed E-state index contributed by atoms with van der Waals surface area (Å²) in [5.41, 5.74) is 18.9. The Hall–Kier alpha value is -8.02. The van der Waals surface area contributed by atoms with Crippen molar-refractivity contribution in [1.82, 2.24) is 19.1 Å². The number of imidazole rings is 1. The number of phenolic OH excluding ortho intramolecular Hbond substituents is 1. The van der Waals surface area contributed by atoms with Gasteiger partial charge in [0.25, 0.3) is 0 Å². The second-order valence-corrected chi connectivity index (χ2v) is 24.6. The molecule has 0 saturated heterocycles. The molecule has 75 heavy (non-hydrogen) atoms. The molecular formula is C70H68N4O. The summed E-state index contributed by atoms with van der Waals surface area (Å²) in [7, 11) is 0. The SMILES string of the molecule is CC(C)(C)c1cc(-c2cc(-c3cccc4c5ccccc5n(-c5ccccc5)c34)ccn2)cc(-c2cccc3c2nc(-c2cc(C(C)(C)C)cc(C(C)(C)C)c2O)n3-c2cc(C(C)(C)C)ccc2-c2ccccc2)c1. The minimum absolute atomic E-state index is 0.138. The van der Waals surface area contributed by atoms with Crippen molar-refractivity contribution in [3.8, 4) is 73.2 Å². The summed E-state index contributed by atoms with van der Waals surface area (Å²) in [6.45, 7) is 26.9. The number of phenols is 1. The van der Waals surface area contributed by atoms with Gasteiger partial charge in [0.2, 0.25) is 0 Å². The average Bonchev–Trinajstić information content (AvgIpc) is 3.96. The first-order valence-electron chi connectivity index (χ1n) is 26.5. The van der Waals surface area contributed by atoms with Crippen LogP contribution in [0.2, 0.25) is 0 Å². The number of para-hydroxylation sites is 4. The normalized spacial score (nSPS) is 12.6. The number of aromatic hydroxyl groups is 1. The molecule has 0 aliphatic heterocycles. The van der Waals surface area contributed by atoms with Crippen LogP contribution >= 0.6 is 0 Å². The first-order valence-corrected chi connectivity index (χ1v) is 26.5. The third-order valence-corrected chi connectivity index (χ3v) is 15.1. The first kappa shape index (κ1) is 49.2. The average molecular weight is 981 g/mol. The molecule has 8 aromatic carbocycles. The summed E-state index contributed by atoms with van der Waals surface area (Å²) in [5, 5.41) is 15.2. The van der Waals surface area contributed by atoms with Gasteiger partial charge in [-0.25, -0.2) is 4.98 Å². The molecule has 0 unspecified atom stereocenters. The molecule has 0 aliphatic rings. The van der Waals surface area contributed by atoms with E-state index in [1.807, 2.05) is 6.20 Å². The predicted molar refractivity (Wildman–Crippen MR) is 317 cm³/mol. The zero-order valence-electron chi connectivity index (χ0n) is 45.6. The van der Waals surface area contributed by atoms with E-state index in [0.29, 0.717) is 11.4 Å². The molecule has 0 atom stereocenters. The Morgan fingerprint density at radius 2 is 1.01 bits per heavy atom. The number of rotatable bonds is 7. The number of benzene rings is 8. The highest BCUT2D eigenvalue weighted by Gasteiger charge is 2.30. The van der Waals surface area contributed by atoms with Crippen molar-refractivity contribution in [1.29, 1.82) is 0 Å². The molecule has 0 fully saturated rings. The number of nitrogens with zero attached hydrogens (tertiary/aromatic N) is 4. The topological polar surface area (TPSA) is 55.9 Å².